The van der Waals surface area contributed by atoms with E-state index in [1.807, 2.05) is 31.2 Å². The van der Waals surface area contributed by atoms with Crippen LogP contribution in [0.1, 0.15) is 31.4 Å². The molecule has 1 unspecified atom stereocenters. The van der Waals surface area contributed by atoms with E-state index >= 15 is 0 Å². The van der Waals surface area contributed by atoms with Gasteiger partial charge in [0.2, 0.25) is 11.8 Å². The van der Waals surface area contributed by atoms with Crippen molar-refractivity contribution < 1.29 is 14.3 Å². The quantitative estimate of drug-likeness (QED) is 0.661. The van der Waals surface area contributed by atoms with Gasteiger partial charge in [0, 0.05) is 32.7 Å². The second kappa shape index (κ2) is 9.89. The summed E-state index contributed by atoms with van der Waals surface area (Å²) in [5.74, 6) is 1.51. The molecular formula is C21H32N4O3. The van der Waals surface area contributed by atoms with Crippen molar-refractivity contribution in [2.75, 3.05) is 52.9 Å². The number of methoxy groups -OCH3 is 1. The number of hydrogen-bond donors (Lipinski definition) is 2. The van der Waals surface area contributed by atoms with Crippen LogP contribution in [0.25, 0.3) is 0 Å². The average Bonchev–Trinajstić information content (AvgIpc) is 3.53. The molecule has 154 valence electrons. The molecule has 1 aliphatic carbocycles. The molecule has 0 spiro atoms. The van der Waals surface area contributed by atoms with Gasteiger partial charge in [-0.15, -0.1) is 0 Å². The molecule has 1 heterocycles. The second-order valence-electron chi connectivity index (χ2n) is 7.66. The number of hydrogen-bond acceptors (Lipinski definition) is 5. The van der Waals surface area contributed by atoms with E-state index in [0.29, 0.717) is 25.6 Å². The Labute approximate surface area is 167 Å². The zero-order valence-electron chi connectivity index (χ0n) is 16.9. The van der Waals surface area contributed by atoms with Crippen molar-refractivity contribution in [1.29, 1.82) is 0 Å². The van der Waals surface area contributed by atoms with Crippen LogP contribution in [-0.2, 0) is 9.59 Å². The van der Waals surface area contributed by atoms with Crippen molar-refractivity contribution in [3.63, 3.8) is 0 Å². The third-order valence-electron chi connectivity index (χ3n) is 5.46. The highest BCUT2D eigenvalue weighted by Crippen LogP contribution is 2.41. The highest BCUT2D eigenvalue weighted by atomic mass is 16.5. The van der Waals surface area contributed by atoms with Gasteiger partial charge in [0.25, 0.3) is 0 Å². The number of nitrogens with zero attached hydrogens (tertiary/aromatic N) is 2. The van der Waals surface area contributed by atoms with Gasteiger partial charge in [-0.1, -0.05) is 12.1 Å². The number of nitrogens with one attached hydrogen (secondary N) is 2. The molecule has 2 amide bonds. The Morgan fingerprint density at radius 3 is 2.11 bits per heavy atom. The molecule has 28 heavy (non-hydrogen) atoms. The lowest BCUT2D eigenvalue weighted by atomic mass is 10.0. The highest BCUT2D eigenvalue weighted by molar-refractivity contribution is 5.79. The summed E-state index contributed by atoms with van der Waals surface area (Å²) in [6.45, 7) is 6.69. The summed E-state index contributed by atoms with van der Waals surface area (Å²) < 4.78 is 5.23. The van der Waals surface area contributed by atoms with E-state index in [2.05, 4.69) is 20.4 Å². The van der Waals surface area contributed by atoms with Gasteiger partial charge in [-0.25, -0.2) is 0 Å². The summed E-state index contributed by atoms with van der Waals surface area (Å²) >= 11 is 0. The van der Waals surface area contributed by atoms with Gasteiger partial charge in [-0.2, -0.15) is 0 Å². The van der Waals surface area contributed by atoms with Gasteiger partial charge in [0.15, 0.2) is 0 Å². The van der Waals surface area contributed by atoms with Crippen molar-refractivity contribution in [1.82, 2.24) is 20.4 Å². The van der Waals surface area contributed by atoms with Crippen molar-refractivity contribution in [2.24, 2.45) is 5.92 Å². The molecule has 2 N–H and O–H groups in total. The molecule has 1 saturated carbocycles. The van der Waals surface area contributed by atoms with E-state index in [-0.39, 0.29) is 17.9 Å². The highest BCUT2D eigenvalue weighted by Gasteiger charge is 2.33. The fourth-order valence-corrected chi connectivity index (χ4v) is 3.70. The fourth-order valence-electron chi connectivity index (χ4n) is 3.70. The Kier molecular flexibility index (Phi) is 7.28. The summed E-state index contributed by atoms with van der Waals surface area (Å²) in [6, 6.07) is 8.07. The topological polar surface area (TPSA) is 73.9 Å². The summed E-state index contributed by atoms with van der Waals surface area (Å²) in [4.78, 5) is 28.6. The maximum atomic E-state index is 12.6. The third kappa shape index (κ3) is 5.94. The lowest BCUT2D eigenvalue weighted by molar-refractivity contribution is -0.125. The minimum atomic E-state index is 0.0699. The Balaban J connectivity index is 1.46. The minimum absolute atomic E-state index is 0.0699. The SMILES string of the molecule is CCNC(=O)CN1CCN(CC(=O)NC(c2ccc(OC)cc2)C2CC2)CC1. The second-order valence-corrected chi connectivity index (χ2v) is 7.66. The summed E-state index contributed by atoms with van der Waals surface area (Å²) in [5, 5.41) is 6.07. The van der Waals surface area contributed by atoms with Crippen LogP contribution in [0.2, 0.25) is 0 Å². The van der Waals surface area contributed by atoms with Crippen LogP contribution in [0.4, 0.5) is 0 Å². The summed E-state index contributed by atoms with van der Waals surface area (Å²) in [6.07, 6.45) is 2.32. The molecule has 7 nitrogen and oxygen atoms in total. The first-order valence-corrected chi connectivity index (χ1v) is 10.2. The average molecular weight is 389 g/mol. The molecule has 0 radical (unpaired) electrons. The Bertz CT molecular complexity index is 652. The van der Waals surface area contributed by atoms with E-state index in [0.717, 1.165) is 50.3 Å². The Hall–Kier alpha value is -2.12. The molecule has 2 fully saturated rings. The van der Waals surface area contributed by atoms with E-state index in [9.17, 15) is 9.59 Å². The van der Waals surface area contributed by atoms with Crippen molar-refractivity contribution in [3.8, 4) is 5.75 Å². The molecular weight excluding hydrogens is 356 g/mol. The van der Waals surface area contributed by atoms with Gasteiger partial charge >= 0.3 is 0 Å². The normalized spacial score (nSPS) is 19.1. The summed E-state index contributed by atoms with van der Waals surface area (Å²) in [7, 11) is 1.66. The fraction of sp³-hybridized carbons (Fsp3) is 0.619. The van der Waals surface area contributed by atoms with Gasteiger partial charge in [0.1, 0.15) is 5.75 Å². The number of likely N-dealkylation sites (N-methyl/N-ethyl adjacent to an activating group) is 1. The molecule has 0 bridgehead atoms. The van der Waals surface area contributed by atoms with Crippen LogP contribution in [0.3, 0.4) is 0 Å². The first-order valence-electron chi connectivity index (χ1n) is 10.2. The third-order valence-corrected chi connectivity index (χ3v) is 5.46. The molecule has 0 aromatic heterocycles. The monoisotopic (exact) mass is 388 g/mol. The van der Waals surface area contributed by atoms with Crippen LogP contribution in [-0.4, -0.2) is 74.5 Å². The van der Waals surface area contributed by atoms with Gasteiger partial charge < -0.3 is 15.4 Å². The van der Waals surface area contributed by atoms with E-state index in [1.54, 1.807) is 7.11 Å². The van der Waals surface area contributed by atoms with Crippen LogP contribution in [0.5, 0.6) is 5.75 Å². The van der Waals surface area contributed by atoms with Crippen molar-refractivity contribution in [2.45, 2.75) is 25.8 Å². The van der Waals surface area contributed by atoms with E-state index < -0.39 is 0 Å². The van der Waals surface area contributed by atoms with Crippen LogP contribution < -0.4 is 15.4 Å². The zero-order chi connectivity index (χ0) is 19.9. The maximum absolute atomic E-state index is 12.6. The molecule has 1 aromatic carbocycles. The first kappa shape index (κ1) is 20.6. The smallest absolute Gasteiger partial charge is 0.234 e. The molecule has 1 aliphatic heterocycles. The predicted octanol–water partition coefficient (Wildman–Crippen LogP) is 1.02. The standard InChI is InChI=1S/C21H32N4O3/c1-3-22-19(26)14-24-10-12-25(13-11-24)15-20(27)23-21(16-4-5-16)17-6-8-18(28-2)9-7-17/h6-9,16,21H,3-5,10-15H2,1-2H3,(H,22,26)(H,23,27). The van der Waals surface area contributed by atoms with Gasteiger partial charge in [0.05, 0.1) is 26.2 Å². The lowest BCUT2D eigenvalue weighted by Gasteiger charge is -2.34. The molecule has 3 rings (SSSR count). The minimum Gasteiger partial charge on any atom is -0.497 e. The number of piperazine rings is 1. The predicted molar refractivity (Wildman–Crippen MR) is 108 cm³/mol. The van der Waals surface area contributed by atoms with Crippen molar-refractivity contribution in [3.05, 3.63) is 29.8 Å². The zero-order valence-corrected chi connectivity index (χ0v) is 16.9. The molecule has 1 atom stereocenters. The number of ether oxygens (including phenoxy) is 1. The number of rotatable bonds is 9. The number of carbonyl (C=O) groups excluding carboxylic acids is 2. The molecule has 2 aliphatic rings. The van der Waals surface area contributed by atoms with E-state index in [4.69, 9.17) is 4.74 Å². The maximum Gasteiger partial charge on any atom is 0.234 e. The lowest BCUT2D eigenvalue weighted by Crippen LogP contribution is -2.51. The first-order chi connectivity index (χ1) is 13.6. The molecule has 1 saturated heterocycles. The number of carbonyl (C=O) groups is 2. The largest absolute Gasteiger partial charge is 0.497 e. The van der Waals surface area contributed by atoms with Gasteiger partial charge in [-0.3, -0.25) is 19.4 Å². The Morgan fingerprint density at radius 1 is 1.04 bits per heavy atom. The van der Waals surface area contributed by atoms with Crippen LogP contribution in [0.15, 0.2) is 24.3 Å². The van der Waals surface area contributed by atoms with Crippen LogP contribution in [0, 0.1) is 5.92 Å². The summed E-state index contributed by atoms with van der Waals surface area (Å²) in [5.41, 5.74) is 1.14. The van der Waals surface area contributed by atoms with Crippen molar-refractivity contribution >= 4 is 11.8 Å². The Morgan fingerprint density at radius 2 is 1.61 bits per heavy atom. The number of benzene rings is 1. The molecule has 7 heteroatoms. The number of amides is 2. The van der Waals surface area contributed by atoms with Crippen LogP contribution >= 0.6 is 0 Å². The van der Waals surface area contributed by atoms with Gasteiger partial charge in [-0.05, 0) is 43.4 Å². The van der Waals surface area contributed by atoms with E-state index in [1.165, 1.54) is 0 Å². The molecule has 1 aromatic rings.